The monoisotopic (exact) mass is 1060 g/mol. The van der Waals surface area contributed by atoms with Crippen LogP contribution in [-0.2, 0) is 43.2 Å². The largest absolute Gasteiger partial charge is 0.574 e. The Morgan fingerprint density at radius 1 is 0.648 bits per heavy atom. The highest BCUT2D eigenvalue weighted by molar-refractivity contribution is 7.99. The van der Waals surface area contributed by atoms with Crippen LogP contribution in [0.3, 0.4) is 0 Å². The molecular weight excluding hydrogens is 1010 g/mol. The number of hydrogen-bond donors (Lipinski definition) is 10. The lowest BCUT2D eigenvalue weighted by molar-refractivity contribution is -0.277. The molecule has 2 heterocycles. The van der Waals surface area contributed by atoms with Crippen LogP contribution in [0, 0.1) is 11.8 Å². The Morgan fingerprint density at radius 2 is 1.01 bits per heavy atom. The Labute approximate surface area is 404 Å². The van der Waals surface area contributed by atoms with E-state index in [1.54, 1.807) is 0 Å². The van der Waals surface area contributed by atoms with Crippen LogP contribution in [0.2, 0.25) is 0 Å². The van der Waals surface area contributed by atoms with Gasteiger partial charge in [0.25, 0.3) is 0 Å². The number of aliphatic carboxylic acids is 4. The van der Waals surface area contributed by atoms with Gasteiger partial charge >= 0.3 is 36.6 Å². The fourth-order valence-electron chi connectivity index (χ4n) is 6.56. The zero-order valence-electron chi connectivity index (χ0n) is 36.5. The Bertz CT molecular complexity index is 2100. The van der Waals surface area contributed by atoms with E-state index in [-0.39, 0.29) is 30.7 Å². The molecule has 0 aliphatic heterocycles. The molecule has 25 nitrogen and oxygen atoms in total. The van der Waals surface area contributed by atoms with Crippen molar-refractivity contribution in [2.45, 2.75) is 92.3 Å². The third-order valence-electron chi connectivity index (χ3n) is 9.79. The normalized spacial score (nSPS) is 17.5. The number of nitrogens with two attached hydrogens (primary N) is 2. The summed E-state index contributed by atoms with van der Waals surface area (Å²) in [6.07, 6.45) is -9.61. The van der Waals surface area contributed by atoms with Gasteiger partial charge in [-0.3, -0.25) is 53.1 Å². The van der Waals surface area contributed by atoms with Crippen LogP contribution in [0.5, 0.6) is 11.8 Å². The van der Waals surface area contributed by atoms with Crippen molar-refractivity contribution in [3.8, 4) is 11.8 Å². The summed E-state index contributed by atoms with van der Waals surface area (Å²) in [5.41, 5.74) is 10.2. The number of carboxylic acids is 4. The first-order valence-electron chi connectivity index (χ1n) is 20.6. The molecule has 0 bridgehead atoms. The first-order chi connectivity index (χ1) is 33.1. The summed E-state index contributed by atoms with van der Waals surface area (Å²) in [6, 6.07) is -6.37. The molecule has 3 rings (SSSR count). The highest BCUT2D eigenvalue weighted by Gasteiger charge is 2.44. The first-order valence-corrected chi connectivity index (χ1v) is 22.7. The Balaban J connectivity index is 2.14. The Kier molecular flexibility index (Phi) is 22.4. The van der Waals surface area contributed by atoms with Crippen molar-refractivity contribution in [3.63, 3.8) is 0 Å². The van der Waals surface area contributed by atoms with Crippen LogP contribution < -0.4 is 42.2 Å². The highest BCUT2D eigenvalue weighted by Crippen LogP contribution is 2.49. The zero-order valence-corrected chi connectivity index (χ0v) is 38.1. The molecule has 1 aliphatic carbocycles. The van der Waals surface area contributed by atoms with Crippen LogP contribution in [0.4, 0.5) is 26.3 Å². The van der Waals surface area contributed by atoms with Crippen LogP contribution >= 0.6 is 23.5 Å². The Hall–Kier alpha value is -6.61. The number of halogens is 6. The number of carbonyl (C=O) groups is 9. The second-order valence-corrected chi connectivity index (χ2v) is 17.5. The van der Waals surface area contributed by atoms with Gasteiger partial charge in [0.05, 0.1) is 34.3 Å². The van der Waals surface area contributed by atoms with E-state index in [4.69, 9.17) is 21.7 Å². The number of nitrogens with zero attached hydrogens (tertiary/aromatic N) is 4. The van der Waals surface area contributed by atoms with E-state index in [9.17, 15) is 79.7 Å². The SMILES string of the molecule is N[C@H](CCC(=O)N[C@@H](CSC(c1cncc(OC(F)(F)F)n1)C1CCCC(C(SC[C@H](NC(=O)CC[C@H](N)C(=O)O)C(=O)NCC(=O)O)c2cncc(OC(F)(F)F)n2)C1=O)C(=O)NCC(=O)O)C(=O)O. The molecule has 12 N–H and O–H groups in total. The van der Waals surface area contributed by atoms with E-state index in [1.165, 1.54) is 0 Å². The molecule has 0 spiro atoms. The molecule has 1 fully saturated rings. The molecule has 2 aromatic rings. The summed E-state index contributed by atoms with van der Waals surface area (Å²) in [5, 5.41) is 42.5. The van der Waals surface area contributed by atoms with Crippen molar-refractivity contribution in [1.29, 1.82) is 0 Å². The van der Waals surface area contributed by atoms with Crippen molar-refractivity contribution in [3.05, 3.63) is 36.2 Å². The molecular formula is C38H46F6N10O15S2. The third-order valence-corrected chi connectivity index (χ3v) is 12.7. The predicted molar refractivity (Wildman–Crippen MR) is 229 cm³/mol. The number of hydrogen-bond acceptors (Lipinski definition) is 19. The van der Waals surface area contributed by atoms with Crippen molar-refractivity contribution in [2.24, 2.45) is 23.3 Å². The van der Waals surface area contributed by atoms with Gasteiger partial charge in [0.15, 0.2) is 0 Å². The van der Waals surface area contributed by atoms with Gasteiger partial charge in [-0.25, -0.2) is 9.97 Å². The molecule has 0 aromatic carbocycles. The summed E-state index contributed by atoms with van der Waals surface area (Å²) in [5.74, 6) is -16.9. The highest BCUT2D eigenvalue weighted by atomic mass is 32.2. The standard InChI is InChI=1S/C38H46F6N10O15S2/c39-37(40,41)68-26-10-47-8-20(53-26)31(70-14-22(33(62)49-12-28(57)58)51-24(55)6-4-18(45)35(64)65)16-2-1-3-17(30(16)61)32(21-9-48-11-27(54-21)69-38(42,43)44)71-15-23(34(63)50-13-29(59)60)52-25(56)7-5-19(46)36(66)67/h8-11,16-19,22-23,31-32H,1-7,12-15,45-46H2,(H,49,62)(H,50,63)(H,51,55)(H,52,56)(H,57,58)(H,59,60)(H,64,65)(H,66,67)/t16?,17?,18-,19+,22-,23-,31?,32?/m0/s1. The summed E-state index contributed by atoms with van der Waals surface area (Å²) in [6.45, 7) is -1.92. The molecule has 4 unspecified atom stereocenters. The summed E-state index contributed by atoms with van der Waals surface area (Å²) in [7, 11) is 0. The van der Waals surface area contributed by atoms with E-state index in [0.29, 0.717) is 35.9 Å². The molecule has 8 atom stereocenters. The average Bonchev–Trinajstić information content (AvgIpc) is 3.27. The molecule has 0 radical (unpaired) electrons. The van der Waals surface area contributed by atoms with Crippen molar-refractivity contribution >= 4 is 76.8 Å². The number of ketones is 1. The fourth-order valence-corrected chi connectivity index (χ4v) is 9.40. The molecule has 71 heavy (non-hydrogen) atoms. The van der Waals surface area contributed by atoms with Gasteiger partial charge < -0.3 is 62.6 Å². The molecule has 392 valence electrons. The maximum atomic E-state index is 15.0. The minimum Gasteiger partial charge on any atom is -0.480 e. The maximum Gasteiger partial charge on any atom is 0.574 e. The fraction of sp³-hybridized carbons (Fsp3) is 0.553. The van der Waals surface area contributed by atoms with Gasteiger partial charge in [-0.05, 0) is 25.7 Å². The maximum absolute atomic E-state index is 15.0. The van der Waals surface area contributed by atoms with Crippen LogP contribution in [0.1, 0.15) is 66.8 Å². The minimum atomic E-state index is -5.30. The smallest absolute Gasteiger partial charge is 0.480 e. The topological polar surface area (TPSA) is 405 Å². The molecule has 1 saturated carbocycles. The van der Waals surface area contributed by atoms with E-state index in [0.717, 1.165) is 12.4 Å². The van der Waals surface area contributed by atoms with Gasteiger partial charge in [0.2, 0.25) is 35.4 Å². The van der Waals surface area contributed by atoms with E-state index < -0.39 is 175 Å². The third kappa shape index (κ3) is 20.7. The van der Waals surface area contributed by atoms with Gasteiger partial charge in [-0.15, -0.1) is 49.9 Å². The number of alkyl halides is 6. The molecule has 4 amide bonds. The Morgan fingerprint density at radius 3 is 1.34 bits per heavy atom. The van der Waals surface area contributed by atoms with Gasteiger partial charge in [-0.1, -0.05) is 6.42 Å². The molecule has 2 aromatic heterocycles. The number of aromatic nitrogens is 4. The number of amides is 4. The first kappa shape index (κ1) is 58.7. The quantitative estimate of drug-likeness (QED) is 0.0503. The average molecular weight is 1060 g/mol. The zero-order chi connectivity index (χ0) is 53.2. The molecule has 1 aliphatic rings. The van der Waals surface area contributed by atoms with Crippen molar-refractivity contribution in [2.75, 3.05) is 24.6 Å². The summed E-state index contributed by atoms with van der Waals surface area (Å²) < 4.78 is 88.2. The number of carbonyl (C=O) groups excluding carboxylic acids is 5. The van der Waals surface area contributed by atoms with E-state index >= 15 is 0 Å². The summed E-state index contributed by atoms with van der Waals surface area (Å²) in [4.78, 5) is 128. The predicted octanol–water partition coefficient (Wildman–Crippen LogP) is 0.0534. The van der Waals surface area contributed by atoms with Crippen molar-refractivity contribution in [1.82, 2.24) is 41.2 Å². The molecule has 0 saturated heterocycles. The molecule has 33 heteroatoms. The number of rotatable bonds is 28. The lowest BCUT2D eigenvalue weighted by Gasteiger charge is -2.36. The van der Waals surface area contributed by atoms with Gasteiger partial charge in [0.1, 0.15) is 43.0 Å². The van der Waals surface area contributed by atoms with Crippen LogP contribution in [0.25, 0.3) is 0 Å². The number of Topliss-reactive ketones (excluding diaryl/α,β-unsaturated/α-hetero) is 1. The van der Waals surface area contributed by atoms with E-state index in [1.807, 2.05) is 0 Å². The van der Waals surface area contributed by atoms with E-state index in [2.05, 4.69) is 50.7 Å². The minimum absolute atomic E-state index is 0.0692. The second kappa shape index (κ2) is 27.1. The van der Waals surface area contributed by atoms with Gasteiger partial charge in [0, 0.05) is 48.6 Å². The number of carboxylic acid groups (broad SMARTS) is 4. The lowest BCUT2D eigenvalue weighted by atomic mass is 9.76. The van der Waals surface area contributed by atoms with Crippen molar-refractivity contribution < 1.29 is 99.4 Å². The van der Waals surface area contributed by atoms with Gasteiger partial charge in [-0.2, -0.15) is 0 Å². The van der Waals surface area contributed by atoms with Crippen LogP contribution in [0.15, 0.2) is 24.8 Å². The summed E-state index contributed by atoms with van der Waals surface area (Å²) >= 11 is 1.28. The van der Waals surface area contributed by atoms with Crippen LogP contribution in [-0.4, -0.2) is 155 Å². The lowest BCUT2D eigenvalue weighted by Crippen LogP contribution is -2.50. The number of ether oxygens (including phenoxy) is 2. The number of nitrogens with one attached hydrogen (secondary N) is 4. The second-order valence-electron chi connectivity index (χ2n) is 15.1. The number of thioether (sulfide) groups is 2.